The van der Waals surface area contributed by atoms with Gasteiger partial charge in [0, 0.05) is 18.2 Å². The van der Waals surface area contributed by atoms with E-state index in [2.05, 4.69) is 30.8 Å². The van der Waals surface area contributed by atoms with E-state index in [0.717, 1.165) is 29.9 Å². The zero-order valence-corrected chi connectivity index (χ0v) is 20.0. The Morgan fingerprint density at radius 1 is 1.16 bits per heavy atom. The normalized spacial score (nSPS) is 12.0. The number of hydrogen-bond acceptors (Lipinski definition) is 4. The van der Waals surface area contributed by atoms with Gasteiger partial charge in [-0.2, -0.15) is 5.10 Å². The van der Waals surface area contributed by atoms with Gasteiger partial charge >= 0.3 is 0 Å². The van der Waals surface area contributed by atoms with Crippen molar-refractivity contribution in [3.05, 3.63) is 66.2 Å². The molecule has 0 saturated carbocycles. The maximum absolute atomic E-state index is 13.4. The summed E-state index contributed by atoms with van der Waals surface area (Å²) < 4.78 is 19.3. The van der Waals surface area contributed by atoms with Crippen molar-refractivity contribution < 1.29 is 9.13 Å². The molecule has 3 N–H and O–H groups in total. The molecule has 0 saturated heterocycles. The molecule has 0 radical (unpaired) electrons. The van der Waals surface area contributed by atoms with E-state index in [0.29, 0.717) is 24.8 Å². The average molecular weight is 538 g/mol. The molecule has 31 heavy (non-hydrogen) atoms. The van der Waals surface area contributed by atoms with Gasteiger partial charge in [0.25, 0.3) is 0 Å². The van der Waals surface area contributed by atoms with E-state index in [1.807, 2.05) is 38.1 Å². The van der Waals surface area contributed by atoms with Crippen LogP contribution >= 0.6 is 24.0 Å². The van der Waals surface area contributed by atoms with E-state index >= 15 is 0 Å². The molecular weight excluding hydrogens is 510 g/mol. The van der Waals surface area contributed by atoms with Crippen molar-refractivity contribution >= 4 is 29.9 Å². The molecule has 7 nitrogen and oxygen atoms in total. The van der Waals surface area contributed by atoms with Crippen molar-refractivity contribution in [1.82, 2.24) is 25.8 Å². The smallest absolute Gasteiger partial charge is 0.191 e. The Morgan fingerprint density at radius 2 is 2.00 bits per heavy atom. The Kier molecular flexibility index (Phi) is 10.2. The lowest BCUT2D eigenvalue weighted by Crippen LogP contribution is -2.42. The van der Waals surface area contributed by atoms with Gasteiger partial charge < -0.3 is 15.4 Å². The first kappa shape index (κ1) is 24.6. The van der Waals surface area contributed by atoms with Crippen molar-refractivity contribution in [2.45, 2.75) is 32.9 Å². The molecule has 0 fully saturated rings. The minimum absolute atomic E-state index is 0. The van der Waals surface area contributed by atoms with Gasteiger partial charge in [0.05, 0.1) is 13.1 Å². The van der Waals surface area contributed by atoms with E-state index in [-0.39, 0.29) is 35.9 Å². The highest BCUT2D eigenvalue weighted by Gasteiger charge is 2.10. The van der Waals surface area contributed by atoms with Gasteiger partial charge in [-0.3, -0.25) is 5.10 Å². The van der Waals surface area contributed by atoms with Crippen LogP contribution < -0.4 is 15.4 Å². The summed E-state index contributed by atoms with van der Waals surface area (Å²) in [5, 5.41) is 13.3. The van der Waals surface area contributed by atoms with E-state index in [1.165, 1.54) is 18.5 Å². The molecule has 1 heterocycles. The maximum atomic E-state index is 13.4. The number of benzene rings is 2. The van der Waals surface area contributed by atoms with Crippen molar-refractivity contribution in [3.8, 4) is 17.1 Å². The van der Waals surface area contributed by atoms with Crippen LogP contribution in [0.5, 0.6) is 5.75 Å². The van der Waals surface area contributed by atoms with Crippen LogP contribution in [-0.2, 0) is 6.54 Å². The molecule has 166 valence electrons. The van der Waals surface area contributed by atoms with Gasteiger partial charge in [-0.05, 0) is 37.1 Å². The molecule has 1 unspecified atom stereocenters. The molecule has 1 aromatic heterocycles. The van der Waals surface area contributed by atoms with Crippen molar-refractivity contribution in [2.75, 3.05) is 13.1 Å². The molecule has 3 aromatic rings. The third-order valence-electron chi connectivity index (χ3n) is 4.43. The highest BCUT2D eigenvalue weighted by Crippen LogP contribution is 2.16. The lowest BCUT2D eigenvalue weighted by molar-refractivity contribution is 0.198. The first-order chi connectivity index (χ1) is 14.7. The largest absolute Gasteiger partial charge is 0.489 e. The van der Waals surface area contributed by atoms with Crippen LogP contribution in [0.25, 0.3) is 11.4 Å². The molecule has 1 atom stereocenters. The molecule has 9 heteroatoms. The summed E-state index contributed by atoms with van der Waals surface area (Å²) in [6.45, 7) is 5.86. The predicted octanol–water partition coefficient (Wildman–Crippen LogP) is 4.14. The first-order valence-corrected chi connectivity index (χ1v) is 10.1. The maximum Gasteiger partial charge on any atom is 0.191 e. The molecular formula is C22H28FIN6O. The lowest BCUT2D eigenvalue weighted by atomic mass is 10.1. The number of aromatic amines is 1. The van der Waals surface area contributed by atoms with Crippen LogP contribution in [0.2, 0.25) is 0 Å². The molecule has 0 bridgehead atoms. The minimum atomic E-state index is -0.308. The first-order valence-electron chi connectivity index (χ1n) is 10.1. The molecule has 2 aromatic carbocycles. The van der Waals surface area contributed by atoms with Crippen LogP contribution in [0.15, 0.2) is 59.9 Å². The molecule has 0 aliphatic rings. The number of hydrogen-bond donors (Lipinski definition) is 3. The van der Waals surface area contributed by atoms with Gasteiger partial charge in [-0.1, -0.05) is 31.2 Å². The summed E-state index contributed by atoms with van der Waals surface area (Å²) in [6.07, 6.45) is 2.16. The van der Waals surface area contributed by atoms with Crippen LogP contribution in [0.1, 0.15) is 25.8 Å². The average Bonchev–Trinajstić information content (AvgIpc) is 3.30. The van der Waals surface area contributed by atoms with E-state index in [9.17, 15) is 4.39 Å². The summed E-state index contributed by atoms with van der Waals surface area (Å²) in [7, 11) is 0. The number of guanidine groups is 1. The second kappa shape index (κ2) is 12.9. The lowest BCUT2D eigenvalue weighted by Gasteiger charge is -2.20. The van der Waals surface area contributed by atoms with Crippen LogP contribution in [0, 0.1) is 5.82 Å². The van der Waals surface area contributed by atoms with Crippen molar-refractivity contribution in [3.63, 3.8) is 0 Å². The van der Waals surface area contributed by atoms with Crippen molar-refractivity contribution in [1.29, 1.82) is 0 Å². The van der Waals surface area contributed by atoms with Crippen LogP contribution in [0.3, 0.4) is 0 Å². The Morgan fingerprint density at radius 3 is 2.71 bits per heavy atom. The quantitative estimate of drug-likeness (QED) is 0.217. The Labute approximate surface area is 198 Å². The monoisotopic (exact) mass is 538 g/mol. The summed E-state index contributed by atoms with van der Waals surface area (Å²) >= 11 is 0. The number of rotatable bonds is 9. The fourth-order valence-electron chi connectivity index (χ4n) is 2.89. The second-order valence-corrected chi connectivity index (χ2v) is 6.72. The summed E-state index contributed by atoms with van der Waals surface area (Å²) in [5.74, 6) is 1.64. The number of aliphatic imine (C=N–C) groups is 1. The van der Waals surface area contributed by atoms with Gasteiger partial charge in [0.1, 0.15) is 24.0 Å². The van der Waals surface area contributed by atoms with Gasteiger partial charge in [-0.25, -0.2) is 14.4 Å². The second-order valence-electron chi connectivity index (χ2n) is 6.72. The Balaban J connectivity index is 0.00000341. The standard InChI is InChI=1S/C22H27FN6O.HI/c1-3-19(30-20-10-6-9-18(23)12-20)14-26-22(24-4-2)25-13-16-7-5-8-17(11-16)21-27-15-28-29-21;/h5-12,15,19H,3-4,13-14H2,1-2H3,(H2,24,25,26)(H,27,28,29);1H. The molecule has 0 amide bonds. The van der Waals surface area contributed by atoms with Crippen molar-refractivity contribution in [2.24, 2.45) is 4.99 Å². The summed E-state index contributed by atoms with van der Waals surface area (Å²) in [5.41, 5.74) is 2.02. The van der Waals surface area contributed by atoms with Gasteiger partial charge in [0.2, 0.25) is 0 Å². The number of ether oxygens (including phenoxy) is 1. The van der Waals surface area contributed by atoms with Crippen LogP contribution in [0.4, 0.5) is 4.39 Å². The molecule has 0 spiro atoms. The van der Waals surface area contributed by atoms with E-state index in [1.54, 1.807) is 12.1 Å². The SMILES string of the molecule is CCNC(=NCc1cccc(-c2ncn[nH]2)c1)NCC(CC)Oc1cccc(F)c1.I. The number of nitrogens with one attached hydrogen (secondary N) is 3. The topological polar surface area (TPSA) is 87.2 Å². The third-order valence-corrected chi connectivity index (χ3v) is 4.43. The Hall–Kier alpha value is -2.69. The Bertz CT molecular complexity index is 951. The van der Waals surface area contributed by atoms with Crippen LogP contribution in [-0.4, -0.2) is 40.3 Å². The zero-order valence-electron chi connectivity index (χ0n) is 17.6. The summed E-state index contributed by atoms with van der Waals surface area (Å²) in [6, 6.07) is 14.2. The minimum Gasteiger partial charge on any atom is -0.489 e. The van der Waals surface area contributed by atoms with Gasteiger partial charge in [0.15, 0.2) is 11.8 Å². The number of H-pyrrole nitrogens is 1. The van der Waals surface area contributed by atoms with E-state index in [4.69, 9.17) is 4.74 Å². The number of halogens is 2. The molecule has 0 aliphatic heterocycles. The number of aromatic nitrogens is 3. The fourth-order valence-corrected chi connectivity index (χ4v) is 2.89. The van der Waals surface area contributed by atoms with E-state index < -0.39 is 0 Å². The third kappa shape index (κ3) is 7.82. The van der Waals surface area contributed by atoms with Gasteiger partial charge in [-0.15, -0.1) is 24.0 Å². The highest BCUT2D eigenvalue weighted by molar-refractivity contribution is 14.0. The number of nitrogens with zero attached hydrogens (tertiary/aromatic N) is 3. The fraction of sp³-hybridized carbons (Fsp3) is 0.318. The zero-order chi connectivity index (χ0) is 21.2. The molecule has 3 rings (SSSR count). The predicted molar refractivity (Wildman–Crippen MR) is 131 cm³/mol. The summed E-state index contributed by atoms with van der Waals surface area (Å²) in [4.78, 5) is 8.85. The molecule has 0 aliphatic carbocycles. The highest BCUT2D eigenvalue weighted by atomic mass is 127.